The lowest BCUT2D eigenvalue weighted by molar-refractivity contribution is 1.19. The molecular formula is C29H21N. The van der Waals surface area contributed by atoms with E-state index >= 15 is 0 Å². The number of rotatable bonds is 2. The molecule has 0 bridgehead atoms. The van der Waals surface area contributed by atoms with Crippen LogP contribution in [0.15, 0.2) is 109 Å². The number of hydrogen-bond acceptors (Lipinski definition) is 0. The van der Waals surface area contributed by atoms with Gasteiger partial charge in [0, 0.05) is 21.8 Å². The van der Waals surface area contributed by atoms with Gasteiger partial charge in [0.25, 0.3) is 0 Å². The summed E-state index contributed by atoms with van der Waals surface area (Å²) in [6.07, 6.45) is 0. The number of benzene rings is 5. The van der Waals surface area contributed by atoms with Crippen molar-refractivity contribution in [1.82, 2.24) is 4.57 Å². The molecule has 0 aliphatic carbocycles. The van der Waals surface area contributed by atoms with Gasteiger partial charge in [-0.05, 0) is 53.3 Å². The summed E-state index contributed by atoms with van der Waals surface area (Å²) in [5, 5.41) is 5.22. The molecule has 0 aliphatic heterocycles. The van der Waals surface area contributed by atoms with Crippen molar-refractivity contribution in [2.45, 2.75) is 6.92 Å². The maximum absolute atomic E-state index is 2.43. The Balaban J connectivity index is 1.82. The minimum absolute atomic E-state index is 1.19. The van der Waals surface area contributed by atoms with Gasteiger partial charge in [-0.15, -0.1) is 0 Å². The summed E-state index contributed by atoms with van der Waals surface area (Å²) < 4.78 is 2.43. The van der Waals surface area contributed by atoms with Gasteiger partial charge in [0.2, 0.25) is 0 Å². The van der Waals surface area contributed by atoms with Crippen LogP contribution >= 0.6 is 0 Å². The molecular weight excluding hydrogens is 362 g/mol. The van der Waals surface area contributed by atoms with Crippen LogP contribution in [0.25, 0.3) is 49.4 Å². The van der Waals surface area contributed by atoms with Gasteiger partial charge in [-0.25, -0.2) is 0 Å². The van der Waals surface area contributed by atoms with E-state index in [1.165, 1.54) is 55.0 Å². The first kappa shape index (κ1) is 17.1. The van der Waals surface area contributed by atoms with Gasteiger partial charge in [-0.2, -0.15) is 0 Å². The normalized spacial score (nSPS) is 11.5. The predicted molar refractivity (Wildman–Crippen MR) is 128 cm³/mol. The molecule has 1 heteroatoms. The molecule has 0 spiro atoms. The SMILES string of the molecule is Cc1cc2c3ccc(-c4ccccc4)cc3n(-c3ccccc3)c2c2ccccc12. The number of fused-ring (bicyclic) bond motifs is 5. The highest BCUT2D eigenvalue weighted by Crippen LogP contribution is 2.39. The average Bonchev–Trinajstić information content (AvgIpc) is 3.14. The monoisotopic (exact) mass is 383 g/mol. The van der Waals surface area contributed by atoms with E-state index in [1.54, 1.807) is 0 Å². The van der Waals surface area contributed by atoms with Gasteiger partial charge in [-0.1, -0.05) is 84.9 Å². The Kier molecular flexibility index (Phi) is 3.75. The second-order valence-electron chi connectivity index (χ2n) is 7.90. The quantitative estimate of drug-likeness (QED) is 0.286. The van der Waals surface area contributed by atoms with Gasteiger partial charge in [-0.3, -0.25) is 0 Å². The molecule has 0 saturated heterocycles. The molecule has 6 aromatic rings. The summed E-state index contributed by atoms with van der Waals surface area (Å²) in [4.78, 5) is 0. The van der Waals surface area contributed by atoms with Crippen molar-refractivity contribution in [1.29, 1.82) is 0 Å². The van der Waals surface area contributed by atoms with E-state index < -0.39 is 0 Å². The van der Waals surface area contributed by atoms with E-state index in [1.807, 2.05) is 0 Å². The third-order valence-corrected chi connectivity index (χ3v) is 6.10. The van der Waals surface area contributed by atoms with E-state index in [0.29, 0.717) is 0 Å². The van der Waals surface area contributed by atoms with Crippen LogP contribution in [0.2, 0.25) is 0 Å². The Morgan fingerprint density at radius 1 is 0.500 bits per heavy atom. The lowest BCUT2D eigenvalue weighted by Crippen LogP contribution is -1.94. The van der Waals surface area contributed by atoms with Gasteiger partial charge >= 0.3 is 0 Å². The summed E-state index contributed by atoms with van der Waals surface area (Å²) in [6.45, 7) is 2.21. The van der Waals surface area contributed by atoms with Crippen LogP contribution in [0.4, 0.5) is 0 Å². The molecule has 0 fully saturated rings. The highest BCUT2D eigenvalue weighted by Gasteiger charge is 2.16. The highest BCUT2D eigenvalue weighted by atomic mass is 15.0. The van der Waals surface area contributed by atoms with Gasteiger partial charge < -0.3 is 4.57 Å². The lowest BCUT2D eigenvalue weighted by atomic mass is 10.00. The van der Waals surface area contributed by atoms with Crippen molar-refractivity contribution < 1.29 is 0 Å². The molecule has 5 aromatic carbocycles. The Labute approximate surface area is 175 Å². The number of nitrogens with zero attached hydrogens (tertiary/aromatic N) is 1. The van der Waals surface area contributed by atoms with Crippen LogP contribution in [0.1, 0.15) is 5.56 Å². The Morgan fingerprint density at radius 2 is 1.17 bits per heavy atom. The van der Waals surface area contributed by atoms with E-state index in [2.05, 4.69) is 121 Å². The summed E-state index contributed by atoms with van der Waals surface area (Å²) in [5.41, 5.74) is 7.51. The lowest BCUT2D eigenvalue weighted by Gasteiger charge is -2.11. The molecule has 142 valence electrons. The first-order valence-corrected chi connectivity index (χ1v) is 10.4. The fourth-order valence-corrected chi connectivity index (χ4v) is 4.71. The van der Waals surface area contributed by atoms with Crippen LogP contribution in [-0.2, 0) is 0 Å². The standard InChI is InChI=1S/C29H21N/c1-20-18-27-25-17-16-22(21-10-4-2-5-11-21)19-28(25)30(23-12-6-3-7-13-23)29(27)26-15-9-8-14-24(20)26/h2-19H,1H3. The van der Waals surface area contributed by atoms with Gasteiger partial charge in [0.1, 0.15) is 0 Å². The van der Waals surface area contributed by atoms with Crippen molar-refractivity contribution >= 4 is 32.6 Å². The van der Waals surface area contributed by atoms with Gasteiger partial charge in [0.05, 0.1) is 11.0 Å². The zero-order valence-corrected chi connectivity index (χ0v) is 16.8. The third kappa shape index (κ3) is 2.49. The molecule has 1 aromatic heterocycles. The van der Waals surface area contributed by atoms with E-state index in [0.717, 1.165) is 0 Å². The van der Waals surface area contributed by atoms with Crippen LogP contribution < -0.4 is 0 Å². The van der Waals surface area contributed by atoms with E-state index in [9.17, 15) is 0 Å². The number of aromatic nitrogens is 1. The third-order valence-electron chi connectivity index (χ3n) is 6.10. The molecule has 0 N–H and O–H groups in total. The van der Waals surface area contributed by atoms with Crippen LogP contribution in [0.3, 0.4) is 0 Å². The molecule has 1 heterocycles. The Morgan fingerprint density at radius 3 is 1.93 bits per heavy atom. The average molecular weight is 383 g/mol. The first-order chi connectivity index (χ1) is 14.8. The maximum Gasteiger partial charge on any atom is 0.0619 e. The number of aryl methyl sites for hydroxylation is 1. The Hall–Kier alpha value is -3.84. The highest BCUT2D eigenvalue weighted by molar-refractivity contribution is 6.19. The van der Waals surface area contributed by atoms with Crippen LogP contribution in [0.5, 0.6) is 0 Å². The first-order valence-electron chi connectivity index (χ1n) is 10.4. The summed E-state index contributed by atoms with van der Waals surface area (Å²) >= 11 is 0. The molecule has 0 unspecified atom stereocenters. The van der Waals surface area contributed by atoms with E-state index in [4.69, 9.17) is 0 Å². The van der Waals surface area contributed by atoms with Crippen molar-refractivity contribution in [3.8, 4) is 16.8 Å². The minimum atomic E-state index is 1.19. The Bertz CT molecular complexity index is 1520. The van der Waals surface area contributed by atoms with E-state index in [-0.39, 0.29) is 0 Å². The molecule has 0 radical (unpaired) electrons. The van der Waals surface area contributed by atoms with Crippen molar-refractivity contribution in [2.24, 2.45) is 0 Å². The summed E-state index contributed by atoms with van der Waals surface area (Å²) in [6, 6.07) is 39.3. The molecule has 0 saturated carbocycles. The number of para-hydroxylation sites is 1. The fraction of sp³-hybridized carbons (Fsp3) is 0.0345. The van der Waals surface area contributed by atoms with Crippen LogP contribution in [-0.4, -0.2) is 4.57 Å². The van der Waals surface area contributed by atoms with Crippen molar-refractivity contribution in [3.63, 3.8) is 0 Å². The molecule has 0 amide bonds. The minimum Gasteiger partial charge on any atom is -0.309 e. The van der Waals surface area contributed by atoms with Gasteiger partial charge in [0.15, 0.2) is 0 Å². The predicted octanol–water partition coefficient (Wildman–Crippen LogP) is 7.91. The number of hydrogen-bond donors (Lipinski definition) is 0. The second kappa shape index (κ2) is 6.60. The second-order valence-corrected chi connectivity index (χ2v) is 7.90. The van der Waals surface area contributed by atoms with Crippen molar-refractivity contribution in [2.75, 3.05) is 0 Å². The topological polar surface area (TPSA) is 4.93 Å². The summed E-state index contributed by atoms with van der Waals surface area (Å²) in [5.74, 6) is 0. The molecule has 1 nitrogen and oxygen atoms in total. The molecule has 6 rings (SSSR count). The molecule has 0 atom stereocenters. The fourth-order valence-electron chi connectivity index (χ4n) is 4.71. The zero-order chi connectivity index (χ0) is 20.1. The molecule has 30 heavy (non-hydrogen) atoms. The van der Waals surface area contributed by atoms with Crippen molar-refractivity contribution in [3.05, 3.63) is 115 Å². The zero-order valence-electron chi connectivity index (χ0n) is 16.8. The summed E-state index contributed by atoms with van der Waals surface area (Å²) in [7, 11) is 0. The smallest absolute Gasteiger partial charge is 0.0619 e. The maximum atomic E-state index is 2.43. The van der Waals surface area contributed by atoms with Crippen LogP contribution in [0, 0.1) is 6.92 Å². The molecule has 0 aliphatic rings. The largest absolute Gasteiger partial charge is 0.309 e.